The van der Waals surface area contributed by atoms with Crippen molar-refractivity contribution in [3.63, 3.8) is 0 Å². The summed E-state index contributed by atoms with van der Waals surface area (Å²) in [6.45, 7) is 3.48. The smallest absolute Gasteiger partial charge is 0.309 e. The van der Waals surface area contributed by atoms with E-state index in [9.17, 15) is 14.0 Å². The van der Waals surface area contributed by atoms with E-state index in [-0.39, 0.29) is 24.1 Å². The first-order valence-corrected chi connectivity index (χ1v) is 10.1. The fraction of sp³-hybridized carbons (Fsp3) is 0.429. The van der Waals surface area contributed by atoms with Crippen molar-refractivity contribution < 1.29 is 18.7 Å². The van der Waals surface area contributed by atoms with E-state index in [0.29, 0.717) is 28.7 Å². The van der Waals surface area contributed by atoms with Crippen molar-refractivity contribution in [1.29, 1.82) is 0 Å². The first-order valence-electron chi connectivity index (χ1n) is 10.1. The number of carbonyl (C=O) groups is 2. The molecule has 0 radical (unpaired) electrons. The van der Waals surface area contributed by atoms with Crippen LogP contribution in [0.3, 0.4) is 0 Å². The van der Waals surface area contributed by atoms with Gasteiger partial charge < -0.3 is 10.1 Å². The highest BCUT2D eigenvalue weighted by molar-refractivity contribution is 5.93. The fourth-order valence-electron chi connectivity index (χ4n) is 3.68. The van der Waals surface area contributed by atoms with E-state index in [0.717, 1.165) is 25.7 Å². The molecule has 1 aliphatic rings. The number of benzene rings is 1. The molecule has 0 aliphatic heterocycles. The topological polar surface area (TPSA) is 101 Å². The lowest BCUT2D eigenvalue weighted by Crippen LogP contribution is -2.27. The second kappa shape index (κ2) is 8.25. The minimum atomic E-state index is -0.435. The monoisotopic (exact) mass is 413 g/mol. The van der Waals surface area contributed by atoms with Crippen molar-refractivity contribution in [2.24, 2.45) is 11.8 Å². The Morgan fingerprint density at radius 2 is 1.93 bits per heavy atom. The fourth-order valence-corrected chi connectivity index (χ4v) is 3.68. The van der Waals surface area contributed by atoms with E-state index in [4.69, 9.17) is 4.74 Å². The van der Waals surface area contributed by atoms with E-state index in [1.54, 1.807) is 31.2 Å². The highest BCUT2D eigenvalue weighted by Crippen LogP contribution is 2.29. The average Bonchev–Trinajstić information content (AvgIpc) is 3.26. The van der Waals surface area contributed by atoms with Gasteiger partial charge in [0.15, 0.2) is 18.2 Å². The summed E-state index contributed by atoms with van der Waals surface area (Å²) in [6, 6.07) is 6.83. The van der Waals surface area contributed by atoms with Gasteiger partial charge in [-0.3, -0.25) is 14.7 Å². The van der Waals surface area contributed by atoms with E-state index >= 15 is 0 Å². The molecule has 8 nitrogen and oxygen atoms in total. The SMILES string of the molecule is Cc1[nH]n2nc(-c3ccc(NC(=O)COC(=O)C4CCC(C)CC4)cc3)nc2c1F. The lowest BCUT2D eigenvalue weighted by Gasteiger charge is -2.24. The maximum atomic E-state index is 13.9. The van der Waals surface area contributed by atoms with Gasteiger partial charge in [0.1, 0.15) is 0 Å². The number of fused-ring (bicyclic) bond motifs is 1. The predicted octanol–water partition coefficient (Wildman–Crippen LogP) is 3.48. The number of aryl methyl sites for hydroxylation is 1. The van der Waals surface area contributed by atoms with Crippen LogP contribution >= 0.6 is 0 Å². The molecular formula is C21H24FN5O3. The van der Waals surface area contributed by atoms with Crippen molar-refractivity contribution >= 4 is 23.2 Å². The number of carbonyl (C=O) groups excluding carboxylic acids is 2. The minimum Gasteiger partial charge on any atom is -0.455 e. The van der Waals surface area contributed by atoms with Crippen LogP contribution in [0.2, 0.25) is 0 Å². The molecule has 4 rings (SSSR count). The molecule has 0 bridgehead atoms. The summed E-state index contributed by atoms with van der Waals surface area (Å²) in [7, 11) is 0. The quantitative estimate of drug-likeness (QED) is 0.624. The Morgan fingerprint density at radius 3 is 2.60 bits per heavy atom. The van der Waals surface area contributed by atoms with Crippen LogP contribution in [0.1, 0.15) is 38.3 Å². The zero-order chi connectivity index (χ0) is 21.3. The standard InChI is InChI=1S/C21H24FN5O3/c1-12-3-5-15(6-4-12)21(29)30-11-17(28)23-16-9-7-14(8-10-16)19-24-20-18(22)13(2)25-27(20)26-19/h7-10,12,15,25H,3-6,11H2,1-2H3,(H,23,28). The molecule has 0 saturated heterocycles. The number of esters is 1. The number of aromatic amines is 1. The van der Waals surface area contributed by atoms with Crippen molar-refractivity contribution in [2.45, 2.75) is 39.5 Å². The lowest BCUT2D eigenvalue weighted by atomic mass is 9.83. The van der Waals surface area contributed by atoms with Gasteiger partial charge in [0.2, 0.25) is 5.65 Å². The van der Waals surface area contributed by atoms with Crippen LogP contribution < -0.4 is 5.32 Å². The van der Waals surface area contributed by atoms with Gasteiger partial charge in [0.05, 0.1) is 11.6 Å². The number of halogens is 1. The van der Waals surface area contributed by atoms with Crippen LogP contribution in [0, 0.1) is 24.6 Å². The molecule has 30 heavy (non-hydrogen) atoms. The largest absolute Gasteiger partial charge is 0.455 e. The maximum absolute atomic E-state index is 13.9. The van der Waals surface area contributed by atoms with Crippen molar-refractivity contribution in [3.05, 3.63) is 35.8 Å². The van der Waals surface area contributed by atoms with Crippen molar-refractivity contribution in [1.82, 2.24) is 19.8 Å². The molecule has 3 aromatic rings. The molecule has 0 atom stereocenters. The third-order valence-electron chi connectivity index (χ3n) is 5.53. The average molecular weight is 413 g/mol. The molecule has 1 saturated carbocycles. The molecule has 9 heteroatoms. The van der Waals surface area contributed by atoms with Crippen molar-refractivity contribution in [2.75, 3.05) is 11.9 Å². The maximum Gasteiger partial charge on any atom is 0.309 e. The molecule has 2 N–H and O–H groups in total. The molecule has 2 aromatic heterocycles. The highest BCUT2D eigenvalue weighted by atomic mass is 19.1. The summed E-state index contributed by atoms with van der Waals surface area (Å²) in [5, 5.41) is 9.69. The van der Waals surface area contributed by atoms with Gasteiger partial charge >= 0.3 is 5.97 Å². The molecule has 0 spiro atoms. The van der Waals surface area contributed by atoms with E-state index in [1.165, 1.54) is 4.63 Å². The van der Waals surface area contributed by atoms with Gasteiger partial charge in [-0.05, 0) is 62.8 Å². The third kappa shape index (κ3) is 4.19. The van der Waals surface area contributed by atoms with Gasteiger partial charge in [0.25, 0.3) is 5.91 Å². The van der Waals surface area contributed by atoms with Crippen LogP contribution in [0.4, 0.5) is 10.1 Å². The van der Waals surface area contributed by atoms with E-state index in [2.05, 4.69) is 27.4 Å². The minimum absolute atomic E-state index is 0.102. The Bertz CT molecular complexity index is 1060. The summed E-state index contributed by atoms with van der Waals surface area (Å²) < 4.78 is 20.4. The number of amides is 1. The molecule has 158 valence electrons. The van der Waals surface area contributed by atoms with Gasteiger partial charge in [-0.25, -0.2) is 9.37 Å². The summed E-state index contributed by atoms with van der Waals surface area (Å²) >= 11 is 0. The van der Waals surface area contributed by atoms with Crippen LogP contribution in [0.15, 0.2) is 24.3 Å². The molecule has 1 aromatic carbocycles. The summed E-state index contributed by atoms with van der Waals surface area (Å²) in [6.07, 6.45) is 3.68. The first-order chi connectivity index (χ1) is 14.4. The zero-order valence-corrected chi connectivity index (χ0v) is 16.9. The van der Waals surface area contributed by atoms with E-state index in [1.807, 2.05) is 0 Å². The van der Waals surface area contributed by atoms with Crippen molar-refractivity contribution in [3.8, 4) is 11.4 Å². The summed E-state index contributed by atoms with van der Waals surface area (Å²) in [5.74, 6) is -0.212. The van der Waals surface area contributed by atoms with Gasteiger partial charge in [-0.1, -0.05) is 6.92 Å². The van der Waals surface area contributed by atoms with E-state index < -0.39 is 11.7 Å². The number of H-pyrrole nitrogens is 1. The number of nitrogens with zero attached hydrogens (tertiary/aromatic N) is 3. The molecule has 2 heterocycles. The number of aromatic nitrogens is 4. The van der Waals surface area contributed by atoms with Gasteiger partial charge in [-0.15, -0.1) is 5.10 Å². The Balaban J connectivity index is 1.31. The normalized spacial score (nSPS) is 19.0. The van der Waals surface area contributed by atoms with Gasteiger partial charge in [-0.2, -0.15) is 4.63 Å². The predicted molar refractivity (Wildman–Crippen MR) is 108 cm³/mol. The number of nitrogens with one attached hydrogen (secondary N) is 2. The highest BCUT2D eigenvalue weighted by Gasteiger charge is 2.26. The zero-order valence-electron chi connectivity index (χ0n) is 16.9. The second-order valence-electron chi connectivity index (χ2n) is 7.91. The van der Waals surface area contributed by atoms with Crippen LogP contribution in [-0.4, -0.2) is 38.3 Å². The lowest BCUT2D eigenvalue weighted by molar-refractivity contribution is -0.152. The summed E-state index contributed by atoms with van der Waals surface area (Å²) in [5.41, 5.74) is 1.74. The van der Waals surface area contributed by atoms with Gasteiger partial charge in [0, 0.05) is 11.3 Å². The number of anilines is 1. The first kappa shape index (κ1) is 20.1. The molecule has 1 aliphatic carbocycles. The van der Waals surface area contributed by atoms with Crippen LogP contribution in [0.5, 0.6) is 0 Å². The van der Waals surface area contributed by atoms with Crippen LogP contribution in [0.25, 0.3) is 17.0 Å². The Morgan fingerprint density at radius 1 is 1.23 bits per heavy atom. The molecule has 1 fully saturated rings. The second-order valence-corrected chi connectivity index (χ2v) is 7.91. The Kier molecular flexibility index (Phi) is 5.52. The number of hydrogen-bond donors (Lipinski definition) is 2. The molecule has 1 amide bonds. The molecule has 0 unspecified atom stereocenters. The Labute approximate surface area is 172 Å². The van der Waals surface area contributed by atoms with Crippen LogP contribution in [-0.2, 0) is 14.3 Å². The molecular weight excluding hydrogens is 389 g/mol. The number of hydrogen-bond acceptors (Lipinski definition) is 5. The number of ether oxygens (including phenoxy) is 1. The Hall–Kier alpha value is -3.23. The third-order valence-corrected chi connectivity index (χ3v) is 5.53. The number of rotatable bonds is 5. The summed E-state index contributed by atoms with van der Waals surface area (Å²) in [4.78, 5) is 28.4.